The van der Waals surface area contributed by atoms with Gasteiger partial charge in [-0.25, -0.2) is 19.1 Å². The van der Waals surface area contributed by atoms with Crippen LogP contribution in [0.2, 0.25) is 0 Å². The molecule has 1 amide bonds. The number of nitrogens with one attached hydrogen (secondary N) is 1. The lowest BCUT2D eigenvalue weighted by molar-refractivity contribution is -0.155. The van der Waals surface area contributed by atoms with Gasteiger partial charge >= 0.3 is 12.1 Å². The maximum absolute atomic E-state index is 12.7. The van der Waals surface area contributed by atoms with Crippen LogP contribution in [0.25, 0.3) is 5.52 Å². The van der Waals surface area contributed by atoms with Gasteiger partial charge in [0.15, 0.2) is 5.82 Å². The first kappa shape index (κ1) is 25.7. The van der Waals surface area contributed by atoms with Crippen LogP contribution >= 0.6 is 0 Å². The number of aliphatic hydroxyl groups excluding tert-OH is 2. The number of nitrogens with two attached hydrogens (primary N) is 1. The number of fused-ring (bicyclic) bond motifs is 1. The van der Waals surface area contributed by atoms with Crippen molar-refractivity contribution >= 4 is 23.4 Å². The van der Waals surface area contributed by atoms with E-state index in [4.69, 9.17) is 19.9 Å². The van der Waals surface area contributed by atoms with Crippen molar-refractivity contribution in [3.05, 3.63) is 24.2 Å². The van der Waals surface area contributed by atoms with E-state index in [1.807, 2.05) is 0 Å². The van der Waals surface area contributed by atoms with Crippen molar-refractivity contribution in [3.8, 4) is 0 Å². The molecule has 0 bridgehead atoms. The van der Waals surface area contributed by atoms with Crippen LogP contribution in [0.5, 0.6) is 0 Å². The fourth-order valence-electron chi connectivity index (χ4n) is 3.84. The summed E-state index contributed by atoms with van der Waals surface area (Å²) in [6, 6.07) is 2.38. The van der Waals surface area contributed by atoms with Crippen molar-refractivity contribution in [2.75, 3.05) is 12.3 Å². The SMILES string of the molecule is CC(C)[C@H](NC(=O)OC(C)(C)C)C(=O)OC[C@H]1O[C@@](C)(c2ccc3c(N)ncnn23)[C@H](O)[C@@H]1O. The lowest BCUT2D eigenvalue weighted by atomic mass is 9.93. The molecule has 3 heterocycles. The summed E-state index contributed by atoms with van der Waals surface area (Å²) in [7, 11) is 0. The molecular weight excluding hydrogens is 446 g/mol. The Hall–Kier alpha value is -2.96. The quantitative estimate of drug-likeness (QED) is 0.433. The third kappa shape index (κ3) is 5.08. The number of carbonyl (C=O) groups excluding carboxylic acids is 2. The zero-order valence-corrected chi connectivity index (χ0v) is 20.2. The highest BCUT2D eigenvalue weighted by Crippen LogP contribution is 2.40. The fourth-order valence-corrected chi connectivity index (χ4v) is 3.84. The van der Waals surface area contributed by atoms with Gasteiger partial charge in [-0.1, -0.05) is 13.8 Å². The van der Waals surface area contributed by atoms with Gasteiger partial charge in [-0.05, 0) is 45.7 Å². The Morgan fingerprint density at radius 1 is 1.32 bits per heavy atom. The van der Waals surface area contributed by atoms with Crippen LogP contribution < -0.4 is 11.1 Å². The van der Waals surface area contributed by atoms with Crippen molar-refractivity contribution in [3.63, 3.8) is 0 Å². The van der Waals surface area contributed by atoms with Gasteiger partial charge in [-0.15, -0.1) is 0 Å². The summed E-state index contributed by atoms with van der Waals surface area (Å²) in [5.74, 6) is -0.753. The molecule has 0 radical (unpaired) electrons. The van der Waals surface area contributed by atoms with Crippen molar-refractivity contribution < 1.29 is 34.0 Å². The molecule has 0 aromatic carbocycles. The average molecular weight is 480 g/mol. The van der Waals surface area contributed by atoms with Crippen LogP contribution in [0, 0.1) is 5.92 Å². The number of amides is 1. The number of ether oxygens (including phenoxy) is 3. The number of carbonyl (C=O) groups is 2. The molecule has 2 aromatic heterocycles. The Kier molecular flexibility index (Phi) is 7.06. The van der Waals surface area contributed by atoms with Gasteiger partial charge in [-0.3, -0.25) is 0 Å². The van der Waals surface area contributed by atoms with Crippen molar-refractivity contribution in [1.82, 2.24) is 19.9 Å². The number of alkyl carbamates (subject to hydrolysis) is 1. The molecule has 1 fully saturated rings. The van der Waals surface area contributed by atoms with Gasteiger partial charge in [0.2, 0.25) is 0 Å². The molecule has 12 heteroatoms. The number of esters is 1. The average Bonchev–Trinajstić information content (AvgIpc) is 3.26. The highest BCUT2D eigenvalue weighted by Gasteiger charge is 2.54. The predicted molar refractivity (Wildman–Crippen MR) is 121 cm³/mol. The van der Waals surface area contributed by atoms with Gasteiger partial charge < -0.3 is 35.5 Å². The summed E-state index contributed by atoms with van der Waals surface area (Å²) in [6.45, 7) is 9.89. The van der Waals surface area contributed by atoms with Crippen molar-refractivity contribution in [1.29, 1.82) is 0 Å². The fraction of sp³-hybridized carbons (Fsp3) is 0.636. The van der Waals surface area contributed by atoms with Crippen molar-refractivity contribution in [2.24, 2.45) is 5.92 Å². The van der Waals surface area contributed by atoms with E-state index in [0.717, 1.165) is 0 Å². The molecule has 5 atom stereocenters. The Labute approximate surface area is 197 Å². The smallest absolute Gasteiger partial charge is 0.408 e. The van der Waals surface area contributed by atoms with E-state index in [1.165, 1.54) is 10.8 Å². The minimum atomic E-state index is -1.37. The molecule has 1 saturated heterocycles. The predicted octanol–water partition coefficient (Wildman–Crippen LogP) is 0.740. The summed E-state index contributed by atoms with van der Waals surface area (Å²) < 4.78 is 18.0. The number of anilines is 1. The second-order valence-corrected chi connectivity index (χ2v) is 9.86. The largest absolute Gasteiger partial charge is 0.461 e. The van der Waals surface area contributed by atoms with Gasteiger partial charge in [0.25, 0.3) is 0 Å². The number of rotatable bonds is 6. The van der Waals surface area contributed by atoms with E-state index >= 15 is 0 Å². The van der Waals surface area contributed by atoms with E-state index in [0.29, 0.717) is 11.2 Å². The molecule has 5 N–H and O–H groups in total. The van der Waals surface area contributed by atoms with Crippen LogP contribution in [0.3, 0.4) is 0 Å². The summed E-state index contributed by atoms with van der Waals surface area (Å²) in [4.78, 5) is 28.8. The number of aliphatic hydroxyl groups is 2. The van der Waals surface area contributed by atoms with Gasteiger partial charge in [0, 0.05) is 0 Å². The minimum absolute atomic E-state index is 0.251. The van der Waals surface area contributed by atoms with E-state index in [2.05, 4.69) is 15.4 Å². The van der Waals surface area contributed by atoms with E-state index in [1.54, 1.807) is 53.7 Å². The normalized spacial score (nSPS) is 26.0. The van der Waals surface area contributed by atoms with Crippen LogP contribution in [0.1, 0.15) is 47.2 Å². The van der Waals surface area contributed by atoms with E-state index in [-0.39, 0.29) is 18.3 Å². The highest BCUT2D eigenvalue weighted by atomic mass is 16.6. The number of nitrogens with zero attached hydrogens (tertiary/aromatic N) is 3. The van der Waals surface area contributed by atoms with Gasteiger partial charge in [0.05, 0.1) is 5.69 Å². The molecule has 34 heavy (non-hydrogen) atoms. The highest BCUT2D eigenvalue weighted by molar-refractivity contribution is 5.81. The Morgan fingerprint density at radius 3 is 2.62 bits per heavy atom. The topological polar surface area (TPSA) is 171 Å². The molecule has 0 saturated carbocycles. The van der Waals surface area contributed by atoms with Crippen molar-refractivity contribution in [2.45, 2.75) is 77.1 Å². The lowest BCUT2D eigenvalue weighted by Gasteiger charge is -2.27. The third-order valence-corrected chi connectivity index (χ3v) is 5.64. The molecule has 3 rings (SSSR count). The zero-order chi connectivity index (χ0) is 25.4. The monoisotopic (exact) mass is 479 g/mol. The third-order valence-electron chi connectivity index (χ3n) is 5.64. The number of nitrogen functional groups attached to an aromatic ring is 1. The van der Waals surface area contributed by atoms with Crippen LogP contribution in [-0.4, -0.2) is 73.4 Å². The van der Waals surface area contributed by atoms with E-state index in [9.17, 15) is 19.8 Å². The molecule has 188 valence electrons. The Balaban J connectivity index is 1.70. The first-order chi connectivity index (χ1) is 15.7. The van der Waals surface area contributed by atoms with Crippen LogP contribution in [0.15, 0.2) is 18.5 Å². The summed E-state index contributed by atoms with van der Waals surface area (Å²) in [6.07, 6.45) is -3.19. The molecule has 2 aromatic rings. The first-order valence-corrected chi connectivity index (χ1v) is 11.0. The maximum atomic E-state index is 12.7. The van der Waals surface area contributed by atoms with Gasteiger partial charge in [0.1, 0.15) is 54.0 Å². The second-order valence-electron chi connectivity index (χ2n) is 9.86. The maximum Gasteiger partial charge on any atom is 0.408 e. The Bertz CT molecular complexity index is 1050. The zero-order valence-electron chi connectivity index (χ0n) is 20.2. The summed E-state index contributed by atoms with van der Waals surface area (Å²) in [5.41, 5.74) is 4.76. The summed E-state index contributed by atoms with van der Waals surface area (Å²) in [5, 5.41) is 28.1. The molecular formula is C22H33N5O7. The molecule has 0 unspecified atom stereocenters. The summed E-state index contributed by atoms with van der Waals surface area (Å²) >= 11 is 0. The van der Waals surface area contributed by atoms with Crippen LogP contribution in [-0.2, 0) is 24.6 Å². The molecule has 1 aliphatic rings. The molecule has 0 spiro atoms. The molecule has 0 aliphatic carbocycles. The second kappa shape index (κ2) is 9.35. The molecule has 1 aliphatic heterocycles. The molecule has 12 nitrogen and oxygen atoms in total. The van der Waals surface area contributed by atoms with Crippen LogP contribution in [0.4, 0.5) is 10.6 Å². The Morgan fingerprint density at radius 2 is 2.00 bits per heavy atom. The lowest BCUT2D eigenvalue weighted by Crippen LogP contribution is -2.48. The number of aromatic nitrogens is 3. The standard InChI is InChI=1S/C22H33N5O7/c1-11(2)15(26-20(31)34-21(3,4)5)19(30)32-9-13-16(28)17(29)22(6,33-13)14-8-7-12-18(23)24-10-25-27(12)14/h7-8,10-11,13,15-17,28-29H,9H2,1-6H3,(H,26,31)(H2,23,24,25)/t13-,15+,16-,17-,22+/m1/s1. The van der Waals surface area contributed by atoms with E-state index < -0.39 is 47.6 Å². The van der Waals surface area contributed by atoms with Gasteiger partial charge in [-0.2, -0.15) is 5.10 Å². The first-order valence-electron chi connectivity index (χ1n) is 11.0. The number of hydrogen-bond donors (Lipinski definition) is 4. The number of hydrogen-bond acceptors (Lipinski definition) is 10. The minimum Gasteiger partial charge on any atom is -0.461 e.